The Morgan fingerprint density at radius 3 is 2.60 bits per heavy atom. The minimum Gasteiger partial charge on any atom is -0.490 e. The second-order valence-corrected chi connectivity index (χ2v) is 4.96. The van der Waals surface area contributed by atoms with Gasteiger partial charge in [-0.15, -0.1) is 11.3 Å². The van der Waals surface area contributed by atoms with E-state index in [1.54, 1.807) is 5.38 Å². The van der Waals surface area contributed by atoms with Crippen LogP contribution in [0.2, 0.25) is 0 Å². The average Bonchev–Trinajstić information content (AvgIpc) is 2.90. The molecule has 0 amide bonds. The summed E-state index contributed by atoms with van der Waals surface area (Å²) in [5.41, 5.74) is 5.91. The molecule has 3 N–H and O–H groups in total. The summed E-state index contributed by atoms with van der Waals surface area (Å²) < 4.78 is 11.2. The Balaban J connectivity index is 1.90. The lowest BCUT2D eigenvalue weighted by Crippen LogP contribution is -2.11. The third-order valence-corrected chi connectivity index (χ3v) is 3.46. The minimum atomic E-state index is -0.00453. The number of nitrogens with zero attached hydrogens (tertiary/aromatic N) is 1. The molecule has 0 saturated carbocycles. The van der Waals surface area contributed by atoms with Crippen molar-refractivity contribution >= 4 is 17.2 Å². The Labute approximate surface area is 121 Å². The molecule has 1 aromatic heterocycles. The summed E-state index contributed by atoms with van der Waals surface area (Å²) >= 11 is 1.48. The van der Waals surface area contributed by atoms with Crippen molar-refractivity contribution in [3.05, 3.63) is 40.3 Å². The summed E-state index contributed by atoms with van der Waals surface area (Å²) in [4.78, 5) is 4.26. The van der Waals surface area contributed by atoms with Crippen molar-refractivity contribution in [2.45, 2.75) is 13.3 Å². The van der Waals surface area contributed by atoms with Crippen molar-refractivity contribution in [1.82, 2.24) is 4.98 Å². The largest absolute Gasteiger partial charge is 0.490 e. The van der Waals surface area contributed by atoms with E-state index in [1.807, 2.05) is 31.2 Å². The number of ether oxygens (including phenoxy) is 2. The number of nitrogens with two attached hydrogens (primary N) is 1. The molecule has 0 aliphatic carbocycles. The topological polar surface area (TPSA) is 81.2 Å². The number of thiazole rings is 1. The SMILES string of the molecule is CCOc1ccccc1OCCc1nc(C(=N)N)cs1. The minimum absolute atomic E-state index is 0.00453. The van der Waals surface area contributed by atoms with Crippen LogP contribution in [0, 0.1) is 5.41 Å². The standard InChI is InChI=1S/C14H17N3O2S/c1-2-18-11-5-3-4-6-12(11)19-8-7-13-17-10(9-20-13)14(15)16/h3-6,9H,2,7-8H2,1H3,(H3,15,16). The predicted octanol–water partition coefficient (Wildman–Crippen LogP) is 2.45. The van der Waals surface area contributed by atoms with E-state index in [1.165, 1.54) is 11.3 Å². The summed E-state index contributed by atoms with van der Waals surface area (Å²) in [5.74, 6) is 1.48. The first-order chi connectivity index (χ1) is 9.70. The summed E-state index contributed by atoms with van der Waals surface area (Å²) in [6.45, 7) is 3.05. The van der Waals surface area contributed by atoms with Gasteiger partial charge in [-0.1, -0.05) is 12.1 Å². The maximum Gasteiger partial charge on any atom is 0.161 e. The zero-order valence-electron chi connectivity index (χ0n) is 11.3. The van der Waals surface area contributed by atoms with Crippen LogP contribution in [0.5, 0.6) is 11.5 Å². The van der Waals surface area contributed by atoms with Crippen molar-refractivity contribution in [2.75, 3.05) is 13.2 Å². The maximum absolute atomic E-state index is 7.31. The lowest BCUT2D eigenvalue weighted by Gasteiger charge is -2.10. The molecule has 0 unspecified atom stereocenters. The van der Waals surface area contributed by atoms with Gasteiger partial charge in [0.05, 0.1) is 18.2 Å². The van der Waals surface area contributed by atoms with E-state index in [-0.39, 0.29) is 5.84 Å². The van der Waals surface area contributed by atoms with E-state index in [0.29, 0.717) is 25.3 Å². The van der Waals surface area contributed by atoms with Gasteiger partial charge in [-0.2, -0.15) is 0 Å². The quantitative estimate of drug-likeness (QED) is 0.606. The van der Waals surface area contributed by atoms with Crippen LogP contribution in [0.3, 0.4) is 0 Å². The van der Waals surface area contributed by atoms with Gasteiger partial charge >= 0.3 is 0 Å². The number of hydrogen-bond acceptors (Lipinski definition) is 5. The van der Waals surface area contributed by atoms with Crippen molar-refractivity contribution in [3.63, 3.8) is 0 Å². The van der Waals surface area contributed by atoms with E-state index >= 15 is 0 Å². The number of amidine groups is 1. The number of para-hydroxylation sites is 2. The molecule has 106 valence electrons. The van der Waals surface area contributed by atoms with Crippen LogP contribution in [0.1, 0.15) is 17.6 Å². The van der Waals surface area contributed by atoms with Crippen molar-refractivity contribution in [3.8, 4) is 11.5 Å². The summed E-state index contributed by atoms with van der Waals surface area (Å²) in [7, 11) is 0. The molecule has 20 heavy (non-hydrogen) atoms. The van der Waals surface area contributed by atoms with Gasteiger partial charge in [-0.25, -0.2) is 4.98 Å². The molecule has 1 aromatic carbocycles. The number of nitrogens with one attached hydrogen (secondary N) is 1. The molecular weight excluding hydrogens is 274 g/mol. The number of benzene rings is 1. The van der Waals surface area contributed by atoms with E-state index < -0.39 is 0 Å². The molecular formula is C14H17N3O2S. The number of hydrogen-bond donors (Lipinski definition) is 2. The van der Waals surface area contributed by atoms with Crippen LogP contribution in [0.4, 0.5) is 0 Å². The number of rotatable bonds is 7. The predicted molar refractivity (Wildman–Crippen MR) is 79.9 cm³/mol. The lowest BCUT2D eigenvalue weighted by molar-refractivity contribution is 0.279. The van der Waals surface area contributed by atoms with E-state index in [4.69, 9.17) is 20.6 Å². The Hall–Kier alpha value is -2.08. The average molecular weight is 291 g/mol. The van der Waals surface area contributed by atoms with E-state index in [0.717, 1.165) is 16.5 Å². The molecule has 0 atom stereocenters. The summed E-state index contributed by atoms with van der Waals surface area (Å²) in [6, 6.07) is 7.59. The second-order valence-electron chi connectivity index (χ2n) is 4.02. The molecule has 0 aliphatic rings. The van der Waals surface area contributed by atoms with Crippen molar-refractivity contribution < 1.29 is 9.47 Å². The van der Waals surface area contributed by atoms with Crippen LogP contribution in [0.15, 0.2) is 29.6 Å². The fourth-order valence-corrected chi connectivity index (χ4v) is 2.42. The fraction of sp³-hybridized carbons (Fsp3) is 0.286. The molecule has 2 rings (SSSR count). The highest BCUT2D eigenvalue weighted by Crippen LogP contribution is 2.26. The Morgan fingerprint density at radius 2 is 2.00 bits per heavy atom. The molecule has 6 heteroatoms. The van der Waals surface area contributed by atoms with Crippen molar-refractivity contribution in [1.29, 1.82) is 5.41 Å². The zero-order chi connectivity index (χ0) is 14.4. The third-order valence-electron chi connectivity index (χ3n) is 2.55. The summed E-state index contributed by atoms with van der Waals surface area (Å²) in [5, 5.41) is 10.00. The fourth-order valence-electron chi connectivity index (χ4n) is 1.64. The smallest absolute Gasteiger partial charge is 0.161 e. The molecule has 0 aliphatic heterocycles. The highest BCUT2D eigenvalue weighted by molar-refractivity contribution is 7.09. The van der Waals surface area contributed by atoms with Gasteiger partial charge in [0.1, 0.15) is 11.5 Å². The van der Waals surface area contributed by atoms with Gasteiger partial charge in [0, 0.05) is 11.8 Å². The first kappa shape index (κ1) is 14.3. The first-order valence-electron chi connectivity index (χ1n) is 6.34. The maximum atomic E-state index is 7.31. The lowest BCUT2D eigenvalue weighted by atomic mass is 10.3. The normalized spacial score (nSPS) is 10.2. The molecule has 0 spiro atoms. The van der Waals surface area contributed by atoms with Crippen LogP contribution >= 0.6 is 11.3 Å². The highest BCUT2D eigenvalue weighted by Gasteiger charge is 2.06. The molecule has 0 fully saturated rings. The van der Waals surface area contributed by atoms with E-state index in [2.05, 4.69) is 4.98 Å². The van der Waals surface area contributed by atoms with Gasteiger partial charge in [0.25, 0.3) is 0 Å². The molecule has 2 aromatic rings. The van der Waals surface area contributed by atoms with Crippen LogP contribution in [0.25, 0.3) is 0 Å². The first-order valence-corrected chi connectivity index (χ1v) is 7.22. The monoisotopic (exact) mass is 291 g/mol. The molecule has 0 bridgehead atoms. The Morgan fingerprint density at radius 1 is 1.30 bits per heavy atom. The van der Waals surface area contributed by atoms with Gasteiger partial charge in [-0.3, -0.25) is 5.41 Å². The number of nitrogen functional groups attached to an aromatic ring is 1. The number of aromatic nitrogens is 1. The van der Waals surface area contributed by atoms with Gasteiger partial charge in [0.15, 0.2) is 11.5 Å². The molecule has 1 heterocycles. The zero-order valence-corrected chi connectivity index (χ0v) is 12.1. The van der Waals surface area contributed by atoms with Gasteiger partial charge < -0.3 is 15.2 Å². The molecule has 0 saturated heterocycles. The van der Waals surface area contributed by atoms with Crippen LogP contribution in [-0.4, -0.2) is 24.0 Å². The molecule has 0 radical (unpaired) electrons. The molecule has 5 nitrogen and oxygen atoms in total. The summed E-state index contributed by atoms with van der Waals surface area (Å²) in [6.07, 6.45) is 0.679. The highest BCUT2D eigenvalue weighted by atomic mass is 32.1. The van der Waals surface area contributed by atoms with Crippen LogP contribution in [-0.2, 0) is 6.42 Å². The Bertz CT molecular complexity index is 583. The Kier molecular flexibility index (Phi) is 4.95. The van der Waals surface area contributed by atoms with Crippen LogP contribution < -0.4 is 15.2 Å². The van der Waals surface area contributed by atoms with Gasteiger partial charge in [0.2, 0.25) is 0 Å². The van der Waals surface area contributed by atoms with Gasteiger partial charge in [-0.05, 0) is 19.1 Å². The van der Waals surface area contributed by atoms with E-state index in [9.17, 15) is 0 Å². The second kappa shape index (κ2) is 6.91. The third kappa shape index (κ3) is 3.71. The van der Waals surface area contributed by atoms with Crippen molar-refractivity contribution in [2.24, 2.45) is 5.73 Å².